The lowest BCUT2D eigenvalue weighted by atomic mass is 10.2. The Morgan fingerprint density at radius 2 is 2.12 bits per heavy atom. The molecule has 0 saturated heterocycles. The van der Waals surface area contributed by atoms with Crippen LogP contribution >= 0.6 is 11.6 Å². The maximum Gasteiger partial charge on any atom is 0.244 e. The van der Waals surface area contributed by atoms with Crippen molar-refractivity contribution in [3.05, 3.63) is 40.9 Å². The van der Waals surface area contributed by atoms with Crippen molar-refractivity contribution >= 4 is 23.6 Å². The summed E-state index contributed by atoms with van der Waals surface area (Å²) in [4.78, 5) is 11.4. The van der Waals surface area contributed by atoms with Crippen LogP contribution in [0.4, 0.5) is 0 Å². The van der Waals surface area contributed by atoms with Gasteiger partial charge in [-0.3, -0.25) is 4.79 Å². The number of halogens is 1. The first kappa shape index (κ1) is 13.7. The predicted molar refractivity (Wildman–Crippen MR) is 71.8 cm³/mol. The van der Waals surface area contributed by atoms with E-state index in [1.807, 2.05) is 19.1 Å². The Labute approximate surface area is 107 Å². The Morgan fingerprint density at radius 3 is 2.71 bits per heavy atom. The number of hydrogen-bond acceptors (Lipinski definition) is 2. The molecule has 0 radical (unpaired) electrons. The average Bonchev–Trinajstić information content (AvgIpc) is 2.35. The monoisotopic (exact) mass is 252 g/mol. The van der Waals surface area contributed by atoms with Crippen LogP contribution in [0.2, 0.25) is 5.02 Å². The Balaban J connectivity index is 2.42. The molecule has 0 bridgehead atoms. The highest BCUT2D eigenvalue weighted by molar-refractivity contribution is 6.30. The van der Waals surface area contributed by atoms with Gasteiger partial charge in [-0.1, -0.05) is 30.7 Å². The fourth-order valence-electron chi connectivity index (χ4n) is 1.18. The van der Waals surface area contributed by atoms with E-state index in [1.165, 1.54) is 6.08 Å². The van der Waals surface area contributed by atoms with Crippen LogP contribution in [-0.2, 0) is 4.79 Å². The highest BCUT2D eigenvalue weighted by Crippen LogP contribution is 2.10. The van der Waals surface area contributed by atoms with Crippen LogP contribution < -0.4 is 11.1 Å². The highest BCUT2D eigenvalue weighted by atomic mass is 35.5. The summed E-state index contributed by atoms with van der Waals surface area (Å²) in [5.41, 5.74) is 6.63. The number of amides is 1. The van der Waals surface area contributed by atoms with E-state index in [0.29, 0.717) is 11.6 Å². The molecule has 3 nitrogen and oxygen atoms in total. The SMILES string of the molecule is CCC(N)CNC(=O)C=Cc1ccc(Cl)cc1. The van der Waals surface area contributed by atoms with Gasteiger partial charge in [0.2, 0.25) is 5.91 Å². The number of benzene rings is 1. The Hall–Kier alpha value is -1.32. The maximum atomic E-state index is 11.4. The molecule has 0 aliphatic rings. The summed E-state index contributed by atoms with van der Waals surface area (Å²) in [5, 5.41) is 3.42. The highest BCUT2D eigenvalue weighted by Gasteiger charge is 2.00. The van der Waals surface area contributed by atoms with E-state index < -0.39 is 0 Å². The number of nitrogens with two attached hydrogens (primary N) is 1. The molecule has 17 heavy (non-hydrogen) atoms. The van der Waals surface area contributed by atoms with Gasteiger partial charge < -0.3 is 11.1 Å². The average molecular weight is 253 g/mol. The zero-order chi connectivity index (χ0) is 12.7. The van der Waals surface area contributed by atoms with Crippen molar-refractivity contribution in [1.29, 1.82) is 0 Å². The van der Waals surface area contributed by atoms with Crippen molar-refractivity contribution in [3.8, 4) is 0 Å². The smallest absolute Gasteiger partial charge is 0.244 e. The molecule has 3 N–H and O–H groups in total. The molecule has 92 valence electrons. The van der Waals surface area contributed by atoms with Gasteiger partial charge in [0.1, 0.15) is 0 Å². The predicted octanol–water partition coefficient (Wildman–Crippen LogP) is 2.21. The molecule has 0 aliphatic carbocycles. The second kappa shape index (κ2) is 7.09. The molecule has 1 atom stereocenters. The van der Waals surface area contributed by atoms with E-state index in [9.17, 15) is 4.79 Å². The minimum Gasteiger partial charge on any atom is -0.351 e. The van der Waals surface area contributed by atoms with E-state index in [4.69, 9.17) is 17.3 Å². The van der Waals surface area contributed by atoms with E-state index in [1.54, 1.807) is 18.2 Å². The molecule has 1 rings (SSSR count). The number of carbonyl (C=O) groups excluding carboxylic acids is 1. The summed E-state index contributed by atoms with van der Waals surface area (Å²) >= 11 is 5.76. The summed E-state index contributed by atoms with van der Waals surface area (Å²) < 4.78 is 0. The van der Waals surface area contributed by atoms with Gasteiger partial charge in [-0.15, -0.1) is 0 Å². The van der Waals surface area contributed by atoms with Crippen LogP contribution in [0.1, 0.15) is 18.9 Å². The lowest BCUT2D eigenvalue weighted by Gasteiger charge is -2.08. The fraction of sp³-hybridized carbons (Fsp3) is 0.308. The van der Waals surface area contributed by atoms with Gasteiger partial charge in [0.25, 0.3) is 0 Å². The lowest BCUT2D eigenvalue weighted by Crippen LogP contribution is -2.35. The van der Waals surface area contributed by atoms with Crippen molar-refractivity contribution in [2.45, 2.75) is 19.4 Å². The summed E-state index contributed by atoms with van der Waals surface area (Å²) in [6.07, 6.45) is 4.08. The zero-order valence-corrected chi connectivity index (χ0v) is 10.6. The Morgan fingerprint density at radius 1 is 1.47 bits per heavy atom. The standard InChI is InChI=1S/C13H17ClN2O/c1-2-12(15)9-16-13(17)8-5-10-3-6-11(14)7-4-10/h3-8,12H,2,9,15H2,1H3,(H,16,17). The lowest BCUT2D eigenvalue weighted by molar-refractivity contribution is -0.116. The number of nitrogens with one attached hydrogen (secondary N) is 1. The minimum atomic E-state index is -0.135. The van der Waals surface area contributed by atoms with Gasteiger partial charge in [-0.2, -0.15) is 0 Å². The van der Waals surface area contributed by atoms with Crippen LogP contribution in [-0.4, -0.2) is 18.5 Å². The fourth-order valence-corrected chi connectivity index (χ4v) is 1.31. The van der Waals surface area contributed by atoms with E-state index in [-0.39, 0.29) is 11.9 Å². The van der Waals surface area contributed by atoms with Gasteiger partial charge in [0.15, 0.2) is 0 Å². The normalized spacial score (nSPS) is 12.6. The van der Waals surface area contributed by atoms with Crippen LogP contribution in [0.3, 0.4) is 0 Å². The van der Waals surface area contributed by atoms with Crippen molar-refractivity contribution in [1.82, 2.24) is 5.32 Å². The van der Waals surface area contributed by atoms with Crippen molar-refractivity contribution in [2.24, 2.45) is 5.73 Å². The number of carbonyl (C=O) groups is 1. The summed E-state index contributed by atoms with van der Waals surface area (Å²) in [7, 11) is 0. The summed E-state index contributed by atoms with van der Waals surface area (Å²) in [5.74, 6) is -0.135. The maximum absolute atomic E-state index is 11.4. The molecule has 0 saturated carbocycles. The second-order valence-corrected chi connectivity index (χ2v) is 4.23. The van der Waals surface area contributed by atoms with Gasteiger partial charge in [-0.05, 0) is 30.2 Å². The summed E-state index contributed by atoms with van der Waals surface area (Å²) in [6, 6.07) is 7.29. The third kappa shape index (κ3) is 5.52. The third-order valence-electron chi connectivity index (χ3n) is 2.36. The van der Waals surface area contributed by atoms with Gasteiger partial charge >= 0.3 is 0 Å². The second-order valence-electron chi connectivity index (χ2n) is 3.80. The Bertz CT molecular complexity index is 387. The molecule has 0 aliphatic heterocycles. The van der Waals surface area contributed by atoms with E-state index in [0.717, 1.165) is 12.0 Å². The van der Waals surface area contributed by atoms with E-state index >= 15 is 0 Å². The quantitative estimate of drug-likeness (QED) is 0.790. The number of rotatable bonds is 5. The molecule has 1 aromatic rings. The topological polar surface area (TPSA) is 55.1 Å². The molecule has 1 aromatic carbocycles. The van der Waals surface area contributed by atoms with Crippen LogP contribution in [0.5, 0.6) is 0 Å². The molecule has 1 unspecified atom stereocenters. The van der Waals surface area contributed by atoms with Crippen LogP contribution in [0.15, 0.2) is 30.3 Å². The molecule has 0 fully saturated rings. The number of hydrogen-bond donors (Lipinski definition) is 2. The third-order valence-corrected chi connectivity index (χ3v) is 2.61. The van der Waals surface area contributed by atoms with Crippen molar-refractivity contribution in [2.75, 3.05) is 6.54 Å². The van der Waals surface area contributed by atoms with Crippen LogP contribution in [0.25, 0.3) is 6.08 Å². The molecular formula is C13H17ClN2O. The first-order chi connectivity index (χ1) is 8.11. The molecular weight excluding hydrogens is 236 g/mol. The zero-order valence-electron chi connectivity index (χ0n) is 9.82. The summed E-state index contributed by atoms with van der Waals surface area (Å²) in [6.45, 7) is 2.49. The van der Waals surface area contributed by atoms with Gasteiger partial charge in [0.05, 0.1) is 0 Å². The molecule has 4 heteroatoms. The van der Waals surface area contributed by atoms with Crippen LogP contribution in [0, 0.1) is 0 Å². The largest absolute Gasteiger partial charge is 0.351 e. The first-order valence-corrected chi connectivity index (χ1v) is 5.96. The van der Waals surface area contributed by atoms with Gasteiger partial charge in [0, 0.05) is 23.7 Å². The molecule has 0 aromatic heterocycles. The molecule has 0 heterocycles. The van der Waals surface area contributed by atoms with Gasteiger partial charge in [-0.25, -0.2) is 0 Å². The van der Waals surface area contributed by atoms with E-state index in [2.05, 4.69) is 5.32 Å². The molecule has 1 amide bonds. The van der Waals surface area contributed by atoms with Crippen molar-refractivity contribution < 1.29 is 4.79 Å². The minimum absolute atomic E-state index is 0.0166. The Kier molecular flexibility index (Phi) is 5.73. The molecule has 0 spiro atoms. The van der Waals surface area contributed by atoms with Crippen molar-refractivity contribution in [3.63, 3.8) is 0 Å². The first-order valence-electron chi connectivity index (χ1n) is 5.59.